The van der Waals surface area contributed by atoms with Crippen molar-refractivity contribution >= 4 is 0 Å². The summed E-state index contributed by atoms with van der Waals surface area (Å²) in [7, 11) is 0. The molecule has 0 bridgehead atoms. The molecule has 1 fully saturated rings. The van der Waals surface area contributed by atoms with Crippen molar-refractivity contribution < 1.29 is 59.1 Å². The van der Waals surface area contributed by atoms with Crippen LogP contribution in [0.5, 0.6) is 0 Å². The van der Waals surface area contributed by atoms with Gasteiger partial charge in [-0.2, -0.15) is 13.1 Å². The molecule has 3 nitrogen and oxygen atoms in total. The Labute approximate surface area is 132 Å². The maximum absolute atomic E-state index is 4.40. The van der Waals surface area contributed by atoms with Crippen molar-refractivity contribution in [2.75, 3.05) is 39.3 Å². The van der Waals surface area contributed by atoms with E-state index in [0.717, 1.165) is 45.7 Å². The number of hydrogen-bond donors (Lipinski definition) is 1. The second kappa shape index (κ2) is 14.9. The van der Waals surface area contributed by atoms with Crippen molar-refractivity contribution in [3.05, 3.63) is 10.6 Å². The molecule has 1 heterocycles. The van der Waals surface area contributed by atoms with Gasteiger partial charge in [0, 0.05) is 0 Å². The van der Waals surface area contributed by atoms with E-state index < -0.39 is 0 Å². The molecule has 0 aromatic heterocycles. The third-order valence-electron chi connectivity index (χ3n) is 1.97. The molecule has 1 N–H and O–H groups in total. The standard InChI is InChI=1S/C9H19N3.2Na/c1-4-10-6-2-8-12-9-3-7-11-5-1;;/h10H,1-9H2;;/q-2;2*+1. The van der Waals surface area contributed by atoms with Gasteiger partial charge in [0.25, 0.3) is 0 Å². The zero-order valence-corrected chi connectivity index (χ0v) is 13.8. The molecule has 0 unspecified atom stereocenters. The molecular formula is C9H19N3Na2. The zero-order valence-electron chi connectivity index (χ0n) is 9.76. The maximum Gasteiger partial charge on any atom is 1.00 e. The Bertz CT molecular complexity index is 61.0. The summed E-state index contributed by atoms with van der Waals surface area (Å²) in [4.78, 5) is 0. The summed E-state index contributed by atoms with van der Waals surface area (Å²) in [6.07, 6.45) is 3.53. The van der Waals surface area contributed by atoms with Crippen molar-refractivity contribution in [3.8, 4) is 0 Å². The Morgan fingerprint density at radius 2 is 1.07 bits per heavy atom. The minimum Gasteiger partial charge on any atom is -0.662 e. The molecule has 1 rings (SSSR count). The molecule has 5 heteroatoms. The first-order valence-electron chi connectivity index (χ1n) is 4.97. The van der Waals surface area contributed by atoms with Gasteiger partial charge in [-0.05, 0) is 13.1 Å². The van der Waals surface area contributed by atoms with Crippen molar-refractivity contribution in [1.82, 2.24) is 5.32 Å². The molecule has 0 aliphatic carbocycles. The average molecular weight is 215 g/mol. The first-order chi connectivity index (χ1) is 6.00. The van der Waals surface area contributed by atoms with Gasteiger partial charge in [-0.15, -0.1) is 13.1 Å². The van der Waals surface area contributed by atoms with E-state index in [2.05, 4.69) is 16.0 Å². The van der Waals surface area contributed by atoms with Crippen LogP contribution >= 0.6 is 0 Å². The van der Waals surface area contributed by atoms with E-state index in [1.807, 2.05) is 0 Å². The van der Waals surface area contributed by atoms with Crippen LogP contribution in [0.25, 0.3) is 10.6 Å². The predicted octanol–water partition coefficient (Wildman–Crippen LogP) is -4.48. The van der Waals surface area contributed by atoms with Crippen molar-refractivity contribution in [3.63, 3.8) is 0 Å². The van der Waals surface area contributed by atoms with E-state index in [-0.39, 0.29) is 59.1 Å². The maximum atomic E-state index is 4.40. The van der Waals surface area contributed by atoms with E-state index in [0.29, 0.717) is 0 Å². The number of nitrogens with zero attached hydrogens (tertiary/aromatic N) is 2. The Kier molecular flexibility index (Phi) is 19.4. The summed E-state index contributed by atoms with van der Waals surface area (Å²) < 4.78 is 0. The van der Waals surface area contributed by atoms with Crippen LogP contribution in [0.4, 0.5) is 0 Å². The first-order valence-corrected chi connectivity index (χ1v) is 4.97. The van der Waals surface area contributed by atoms with Gasteiger partial charge in [0.05, 0.1) is 0 Å². The SMILES string of the molecule is C1C[N-]CCCNCCC[N-]C1.[Na+].[Na+]. The summed E-state index contributed by atoms with van der Waals surface area (Å²) in [6, 6.07) is 0. The summed E-state index contributed by atoms with van der Waals surface area (Å²) in [6.45, 7) is 6.28. The molecular weight excluding hydrogens is 196 g/mol. The van der Waals surface area contributed by atoms with Gasteiger partial charge >= 0.3 is 59.1 Å². The molecule has 0 aromatic carbocycles. The molecule has 0 saturated carbocycles. The van der Waals surface area contributed by atoms with Crippen LogP contribution in [0.3, 0.4) is 0 Å². The van der Waals surface area contributed by atoms with Gasteiger partial charge in [-0.25, -0.2) is 0 Å². The Morgan fingerprint density at radius 3 is 1.57 bits per heavy atom. The molecule has 0 spiro atoms. The average Bonchev–Trinajstić information content (AvgIpc) is 2.05. The fourth-order valence-electron chi connectivity index (χ4n) is 1.27. The zero-order chi connectivity index (χ0) is 8.49. The molecule has 1 saturated heterocycles. The quantitative estimate of drug-likeness (QED) is 0.407. The van der Waals surface area contributed by atoms with Crippen LogP contribution in [0.2, 0.25) is 0 Å². The van der Waals surface area contributed by atoms with E-state index >= 15 is 0 Å². The number of hydrogen-bond acceptors (Lipinski definition) is 1. The van der Waals surface area contributed by atoms with Crippen LogP contribution in [0, 0.1) is 0 Å². The minimum atomic E-state index is 0. The van der Waals surface area contributed by atoms with Crippen LogP contribution in [-0.2, 0) is 0 Å². The molecule has 14 heavy (non-hydrogen) atoms. The second-order valence-corrected chi connectivity index (χ2v) is 3.15. The Hall–Kier alpha value is 1.88. The smallest absolute Gasteiger partial charge is 0.662 e. The molecule has 0 radical (unpaired) electrons. The fourth-order valence-corrected chi connectivity index (χ4v) is 1.27. The van der Waals surface area contributed by atoms with Crippen LogP contribution < -0.4 is 64.4 Å². The predicted molar refractivity (Wildman–Crippen MR) is 52.9 cm³/mol. The third kappa shape index (κ3) is 12.0. The van der Waals surface area contributed by atoms with Crippen LogP contribution in [-0.4, -0.2) is 39.3 Å². The van der Waals surface area contributed by atoms with E-state index in [1.54, 1.807) is 0 Å². The number of rotatable bonds is 0. The Morgan fingerprint density at radius 1 is 0.643 bits per heavy atom. The summed E-state index contributed by atoms with van der Waals surface area (Å²) in [5.74, 6) is 0. The topological polar surface area (TPSA) is 40.2 Å². The van der Waals surface area contributed by atoms with E-state index in [1.165, 1.54) is 12.8 Å². The molecule has 72 valence electrons. The van der Waals surface area contributed by atoms with Crippen molar-refractivity contribution in [1.29, 1.82) is 0 Å². The molecule has 1 aliphatic heterocycles. The van der Waals surface area contributed by atoms with Gasteiger partial charge in [-0.3, -0.25) is 0 Å². The monoisotopic (exact) mass is 215 g/mol. The summed E-state index contributed by atoms with van der Waals surface area (Å²) in [5.41, 5.74) is 0. The van der Waals surface area contributed by atoms with Gasteiger partial charge in [0.1, 0.15) is 0 Å². The van der Waals surface area contributed by atoms with Gasteiger partial charge in [0.2, 0.25) is 0 Å². The van der Waals surface area contributed by atoms with Crippen molar-refractivity contribution in [2.24, 2.45) is 0 Å². The van der Waals surface area contributed by atoms with Crippen LogP contribution in [0.1, 0.15) is 19.3 Å². The molecule has 0 amide bonds. The number of nitrogens with one attached hydrogen (secondary N) is 1. The second-order valence-electron chi connectivity index (χ2n) is 3.15. The minimum absolute atomic E-state index is 0. The summed E-state index contributed by atoms with van der Waals surface area (Å²) in [5, 5.41) is 12.2. The third-order valence-corrected chi connectivity index (χ3v) is 1.97. The fraction of sp³-hybridized carbons (Fsp3) is 1.00. The van der Waals surface area contributed by atoms with Crippen molar-refractivity contribution in [2.45, 2.75) is 19.3 Å². The van der Waals surface area contributed by atoms with E-state index in [4.69, 9.17) is 0 Å². The van der Waals surface area contributed by atoms with Gasteiger partial charge < -0.3 is 16.0 Å². The van der Waals surface area contributed by atoms with E-state index in [9.17, 15) is 0 Å². The van der Waals surface area contributed by atoms with Gasteiger partial charge in [-0.1, -0.05) is 19.3 Å². The van der Waals surface area contributed by atoms with Crippen LogP contribution in [0.15, 0.2) is 0 Å². The molecule has 0 aromatic rings. The van der Waals surface area contributed by atoms with Gasteiger partial charge in [0.15, 0.2) is 0 Å². The molecule has 0 atom stereocenters. The molecule has 1 aliphatic rings. The Balaban J connectivity index is 0. The largest absolute Gasteiger partial charge is 1.00 e. The first kappa shape index (κ1) is 18.3. The normalized spacial score (nSPS) is 20.6. The summed E-state index contributed by atoms with van der Waals surface area (Å²) >= 11 is 0.